The minimum absolute atomic E-state index is 0.0890. The summed E-state index contributed by atoms with van der Waals surface area (Å²) in [4.78, 5) is 0. The fourth-order valence-corrected chi connectivity index (χ4v) is 1.34. The zero-order valence-electron chi connectivity index (χ0n) is 10.5. The molecular weight excluding hydrogens is 224 g/mol. The van der Waals surface area contributed by atoms with Gasteiger partial charge in [-0.1, -0.05) is 6.92 Å². The van der Waals surface area contributed by atoms with Crippen molar-refractivity contribution in [3.05, 3.63) is 29.8 Å². The monoisotopic (exact) mass is 243 g/mol. The molecule has 0 amide bonds. The van der Waals surface area contributed by atoms with Crippen LogP contribution < -0.4 is 10.1 Å². The zero-order chi connectivity index (χ0) is 12.8. The van der Waals surface area contributed by atoms with Gasteiger partial charge in [0.25, 0.3) is 0 Å². The normalized spacial score (nSPS) is 14.4. The summed E-state index contributed by atoms with van der Waals surface area (Å²) in [6.45, 7) is 6.74. The summed E-state index contributed by atoms with van der Waals surface area (Å²) >= 11 is 0. The van der Waals surface area contributed by atoms with Crippen LogP contribution in [0.4, 0.5) is 8.78 Å². The molecule has 0 aromatic heterocycles. The second kappa shape index (κ2) is 6.55. The Balaban J connectivity index is 2.44. The van der Waals surface area contributed by atoms with Crippen molar-refractivity contribution in [2.24, 2.45) is 0 Å². The van der Waals surface area contributed by atoms with Crippen LogP contribution in [0.25, 0.3) is 0 Å². The van der Waals surface area contributed by atoms with E-state index in [1.54, 1.807) is 0 Å². The molecule has 2 atom stereocenters. The fraction of sp³-hybridized carbons (Fsp3) is 0.538. The number of ether oxygens (including phenoxy) is 1. The molecule has 4 heteroatoms. The first kappa shape index (κ1) is 13.9. The van der Waals surface area contributed by atoms with Crippen LogP contribution in [0, 0.1) is 11.6 Å². The molecule has 0 spiro atoms. The maximum absolute atomic E-state index is 12.9. The predicted molar refractivity (Wildman–Crippen MR) is 64.2 cm³/mol. The van der Waals surface area contributed by atoms with E-state index in [0.29, 0.717) is 18.3 Å². The Bertz CT molecular complexity index is 357. The van der Waals surface area contributed by atoms with E-state index in [9.17, 15) is 8.78 Å². The summed E-state index contributed by atoms with van der Waals surface area (Å²) in [6, 6.07) is 3.98. The molecule has 0 aliphatic heterocycles. The third kappa shape index (κ3) is 4.69. The summed E-state index contributed by atoms with van der Waals surface area (Å²) in [5.41, 5.74) is 0. The SMILES string of the molecule is CCC(C)NCC(C)Oc1ccc(F)c(F)c1. The van der Waals surface area contributed by atoms with Gasteiger partial charge in [0.1, 0.15) is 11.9 Å². The molecule has 0 heterocycles. The zero-order valence-corrected chi connectivity index (χ0v) is 10.5. The Hall–Kier alpha value is -1.16. The lowest BCUT2D eigenvalue weighted by Crippen LogP contribution is -2.34. The molecule has 1 aromatic carbocycles. The van der Waals surface area contributed by atoms with E-state index in [-0.39, 0.29) is 6.10 Å². The molecule has 1 aromatic rings. The molecule has 0 saturated carbocycles. The Morgan fingerprint density at radius 2 is 1.94 bits per heavy atom. The van der Waals surface area contributed by atoms with Gasteiger partial charge in [0, 0.05) is 18.7 Å². The standard InChI is InChI=1S/C13H19F2NO/c1-4-9(2)16-8-10(3)17-11-5-6-12(14)13(15)7-11/h5-7,9-10,16H,4,8H2,1-3H3. The quantitative estimate of drug-likeness (QED) is 0.828. The number of hydrogen-bond acceptors (Lipinski definition) is 2. The molecule has 0 saturated heterocycles. The third-order valence-electron chi connectivity index (χ3n) is 2.59. The molecule has 0 bridgehead atoms. The average Bonchev–Trinajstić information content (AvgIpc) is 2.31. The molecule has 17 heavy (non-hydrogen) atoms. The van der Waals surface area contributed by atoms with E-state index < -0.39 is 11.6 Å². The molecule has 1 N–H and O–H groups in total. The lowest BCUT2D eigenvalue weighted by atomic mass is 10.2. The molecule has 0 aliphatic carbocycles. The van der Waals surface area contributed by atoms with Gasteiger partial charge in [0.2, 0.25) is 0 Å². The highest BCUT2D eigenvalue weighted by Gasteiger charge is 2.08. The summed E-state index contributed by atoms with van der Waals surface area (Å²) in [6.07, 6.45) is 0.951. The van der Waals surface area contributed by atoms with E-state index >= 15 is 0 Å². The molecule has 96 valence electrons. The van der Waals surface area contributed by atoms with Crippen LogP contribution >= 0.6 is 0 Å². The lowest BCUT2D eigenvalue weighted by molar-refractivity contribution is 0.211. The molecule has 2 unspecified atom stereocenters. The molecule has 0 fully saturated rings. The van der Waals surface area contributed by atoms with Crippen molar-refractivity contribution in [3.8, 4) is 5.75 Å². The molecule has 0 radical (unpaired) electrons. The summed E-state index contributed by atoms with van der Waals surface area (Å²) in [7, 11) is 0. The first-order valence-electron chi connectivity index (χ1n) is 5.88. The summed E-state index contributed by atoms with van der Waals surface area (Å²) in [5.74, 6) is -1.39. The molecule has 1 rings (SSSR count). The van der Waals surface area contributed by atoms with E-state index in [0.717, 1.165) is 18.6 Å². The maximum atomic E-state index is 12.9. The number of rotatable bonds is 6. The fourth-order valence-electron chi connectivity index (χ4n) is 1.34. The van der Waals surface area contributed by atoms with Crippen molar-refractivity contribution in [2.45, 2.75) is 39.3 Å². The van der Waals surface area contributed by atoms with Crippen LogP contribution in [0.3, 0.4) is 0 Å². The summed E-state index contributed by atoms with van der Waals surface area (Å²) in [5, 5.41) is 3.29. The van der Waals surface area contributed by atoms with E-state index in [4.69, 9.17) is 4.74 Å². The van der Waals surface area contributed by atoms with Gasteiger partial charge in [0.15, 0.2) is 11.6 Å². The largest absolute Gasteiger partial charge is 0.489 e. The smallest absolute Gasteiger partial charge is 0.162 e. The molecule has 2 nitrogen and oxygen atoms in total. The maximum Gasteiger partial charge on any atom is 0.162 e. The van der Waals surface area contributed by atoms with Crippen molar-refractivity contribution >= 4 is 0 Å². The number of hydrogen-bond donors (Lipinski definition) is 1. The van der Waals surface area contributed by atoms with Crippen molar-refractivity contribution < 1.29 is 13.5 Å². The second-order valence-electron chi connectivity index (χ2n) is 4.22. The Morgan fingerprint density at radius 1 is 1.24 bits per heavy atom. The Morgan fingerprint density at radius 3 is 2.53 bits per heavy atom. The van der Waals surface area contributed by atoms with Crippen LogP contribution in [0.2, 0.25) is 0 Å². The Kier molecular flexibility index (Phi) is 5.35. The van der Waals surface area contributed by atoms with Crippen molar-refractivity contribution in [1.82, 2.24) is 5.32 Å². The van der Waals surface area contributed by atoms with Gasteiger partial charge in [-0.3, -0.25) is 0 Å². The van der Waals surface area contributed by atoms with Crippen LogP contribution in [0.5, 0.6) is 5.75 Å². The van der Waals surface area contributed by atoms with E-state index in [2.05, 4.69) is 19.2 Å². The van der Waals surface area contributed by atoms with Gasteiger partial charge in [-0.25, -0.2) is 8.78 Å². The van der Waals surface area contributed by atoms with Gasteiger partial charge in [-0.2, -0.15) is 0 Å². The van der Waals surface area contributed by atoms with Crippen LogP contribution in [0.1, 0.15) is 27.2 Å². The molecule has 0 aliphatic rings. The van der Waals surface area contributed by atoms with Gasteiger partial charge in [-0.05, 0) is 32.4 Å². The van der Waals surface area contributed by atoms with Gasteiger partial charge in [-0.15, -0.1) is 0 Å². The highest BCUT2D eigenvalue weighted by molar-refractivity contribution is 5.23. The van der Waals surface area contributed by atoms with Crippen LogP contribution in [-0.4, -0.2) is 18.7 Å². The topological polar surface area (TPSA) is 21.3 Å². The first-order valence-corrected chi connectivity index (χ1v) is 5.88. The second-order valence-corrected chi connectivity index (χ2v) is 4.22. The van der Waals surface area contributed by atoms with Crippen LogP contribution in [0.15, 0.2) is 18.2 Å². The van der Waals surface area contributed by atoms with E-state index in [1.807, 2.05) is 6.92 Å². The Labute approximate surface area is 101 Å². The minimum Gasteiger partial charge on any atom is -0.489 e. The average molecular weight is 243 g/mol. The van der Waals surface area contributed by atoms with E-state index in [1.165, 1.54) is 6.07 Å². The van der Waals surface area contributed by atoms with Crippen molar-refractivity contribution in [2.75, 3.05) is 6.54 Å². The minimum atomic E-state index is -0.885. The highest BCUT2D eigenvalue weighted by atomic mass is 19.2. The van der Waals surface area contributed by atoms with Gasteiger partial charge < -0.3 is 10.1 Å². The van der Waals surface area contributed by atoms with Gasteiger partial charge >= 0.3 is 0 Å². The molecular formula is C13H19F2NO. The third-order valence-corrected chi connectivity index (χ3v) is 2.59. The van der Waals surface area contributed by atoms with Gasteiger partial charge in [0.05, 0.1) is 0 Å². The number of benzene rings is 1. The van der Waals surface area contributed by atoms with Crippen molar-refractivity contribution in [3.63, 3.8) is 0 Å². The highest BCUT2D eigenvalue weighted by Crippen LogP contribution is 2.16. The number of nitrogens with one attached hydrogen (secondary N) is 1. The number of halogens is 2. The summed E-state index contributed by atoms with van der Waals surface area (Å²) < 4.78 is 31.1. The van der Waals surface area contributed by atoms with Crippen LogP contribution in [-0.2, 0) is 0 Å². The first-order chi connectivity index (χ1) is 8.02. The lowest BCUT2D eigenvalue weighted by Gasteiger charge is -2.18. The van der Waals surface area contributed by atoms with Crippen molar-refractivity contribution in [1.29, 1.82) is 0 Å². The predicted octanol–water partition coefficient (Wildman–Crippen LogP) is 3.12.